The van der Waals surface area contributed by atoms with Crippen molar-refractivity contribution in [3.05, 3.63) is 33.1 Å². The molecule has 0 aliphatic carbocycles. The fourth-order valence-corrected chi connectivity index (χ4v) is 1.69. The molecule has 0 fully saturated rings. The SMILES string of the molecule is CC(C)CCCNC(=O)c1cc([N+](=O)[O-])cnc1Cl. The largest absolute Gasteiger partial charge is 0.352 e. The minimum atomic E-state index is -0.612. The van der Waals surface area contributed by atoms with Gasteiger partial charge in [-0.25, -0.2) is 4.98 Å². The summed E-state index contributed by atoms with van der Waals surface area (Å²) < 4.78 is 0. The van der Waals surface area contributed by atoms with E-state index in [0.29, 0.717) is 12.5 Å². The van der Waals surface area contributed by atoms with E-state index < -0.39 is 10.8 Å². The van der Waals surface area contributed by atoms with Crippen LogP contribution in [-0.2, 0) is 0 Å². The average molecular weight is 286 g/mol. The summed E-state index contributed by atoms with van der Waals surface area (Å²) in [7, 11) is 0. The van der Waals surface area contributed by atoms with Gasteiger partial charge in [-0.05, 0) is 18.8 Å². The molecular weight excluding hydrogens is 270 g/mol. The molecule has 19 heavy (non-hydrogen) atoms. The van der Waals surface area contributed by atoms with Crippen LogP contribution in [0.4, 0.5) is 5.69 Å². The van der Waals surface area contributed by atoms with Crippen LogP contribution in [0.15, 0.2) is 12.3 Å². The molecule has 1 heterocycles. The summed E-state index contributed by atoms with van der Waals surface area (Å²) in [5, 5.41) is 13.3. The Balaban J connectivity index is 2.66. The van der Waals surface area contributed by atoms with Crippen LogP contribution in [0.1, 0.15) is 37.0 Å². The number of pyridine rings is 1. The van der Waals surface area contributed by atoms with Crippen molar-refractivity contribution in [2.45, 2.75) is 26.7 Å². The summed E-state index contributed by atoms with van der Waals surface area (Å²) in [5.74, 6) is 0.130. The third-order valence-electron chi connectivity index (χ3n) is 2.52. The second-order valence-corrected chi connectivity index (χ2v) is 4.94. The minimum absolute atomic E-state index is 0.0282. The van der Waals surface area contributed by atoms with Gasteiger partial charge in [-0.2, -0.15) is 0 Å². The first-order chi connectivity index (χ1) is 8.91. The Labute approximate surface area is 116 Å². The van der Waals surface area contributed by atoms with Gasteiger partial charge in [0.1, 0.15) is 11.3 Å². The second kappa shape index (κ2) is 7.04. The number of rotatable bonds is 6. The van der Waals surface area contributed by atoms with Crippen molar-refractivity contribution in [2.24, 2.45) is 5.92 Å². The van der Waals surface area contributed by atoms with Gasteiger partial charge in [0, 0.05) is 12.6 Å². The molecule has 0 saturated heterocycles. The van der Waals surface area contributed by atoms with Crippen molar-refractivity contribution in [3.63, 3.8) is 0 Å². The van der Waals surface area contributed by atoms with E-state index in [0.717, 1.165) is 25.1 Å². The number of halogens is 1. The molecule has 0 atom stereocenters. The minimum Gasteiger partial charge on any atom is -0.352 e. The van der Waals surface area contributed by atoms with E-state index in [1.54, 1.807) is 0 Å². The van der Waals surface area contributed by atoms with E-state index in [1.807, 2.05) is 0 Å². The molecule has 7 heteroatoms. The number of amides is 1. The molecule has 1 amide bonds. The van der Waals surface area contributed by atoms with Crippen molar-refractivity contribution in [1.29, 1.82) is 0 Å². The highest BCUT2D eigenvalue weighted by atomic mass is 35.5. The van der Waals surface area contributed by atoms with Gasteiger partial charge in [-0.3, -0.25) is 14.9 Å². The number of carbonyl (C=O) groups is 1. The monoisotopic (exact) mass is 285 g/mol. The normalized spacial score (nSPS) is 10.5. The fourth-order valence-electron chi connectivity index (χ4n) is 1.50. The Morgan fingerprint density at radius 2 is 2.26 bits per heavy atom. The summed E-state index contributed by atoms with van der Waals surface area (Å²) in [6.45, 7) is 4.71. The lowest BCUT2D eigenvalue weighted by Crippen LogP contribution is -2.25. The first-order valence-corrected chi connectivity index (χ1v) is 6.37. The number of carbonyl (C=O) groups excluding carboxylic acids is 1. The summed E-state index contributed by atoms with van der Waals surface area (Å²) in [4.78, 5) is 25.5. The highest BCUT2D eigenvalue weighted by Gasteiger charge is 2.16. The molecule has 1 rings (SSSR count). The number of hydrogen-bond acceptors (Lipinski definition) is 4. The zero-order valence-corrected chi connectivity index (χ0v) is 11.6. The van der Waals surface area contributed by atoms with Gasteiger partial charge in [-0.15, -0.1) is 0 Å². The Bertz CT molecular complexity index is 477. The van der Waals surface area contributed by atoms with Gasteiger partial charge in [0.25, 0.3) is 11.6 Å². The summed E-state index contributed by atoms with van der Waals surface area (Å²) in [6, 6.07) is 1.13. The average Bonchev–Trinajstić information content (AvgIpc) is 2.34. The molecule has 0 bridgehead atoms. The number of aromatic nitrogens is 1. The van der Waals surface area contributed by atoms with Gasteiger partial charge < -0.3 is 5.32 Å². The predicted octanol–water partition coefficient (Wildman–Crippen LogP) is 2.81. The van der Waals surface area contributed by atoms with Crippen LogP contribution in [0.3, 0.4) is 0 Å². The first kappa shape index (κ1) is 15.4. The molecule has 0 radical (unpaired) electrons. The van der Waals surface area contributed by atoms with Crippen molar-refractivity contribution in [1.82, 2.24) is 10.3 Å². The second-order valence-electron chi connectivity index (χ2n) is 4.58. The Morgan fingerprint density at radius 3 is 2.84 bits per heavy atom. The maximum Gasteiger partial charge on any atom is 0.288 e. The molecule has 0 unspecified atom stereocenters. The Kier molecular flexibility index (Phi) is 5.69. The lowest BCUT2D eigenvalue weighted by molar-refractivity contribution is -0.385. The van der Waals surface area contributed by atoms with Gasteiger partial charge in [0.15, 0.2) is 0 Å². The molecule has 0 saturated carbocycles. The number of hydrogen-bond donors (Lipinski definition) is 1. The molecule has 0 spiro atoms. The molecule has 1 N–H and O–H groups in total. The molecule has 6 nitrogen and oxygen atoms in total. The van der Waals surface area contributed by atoms with Gasteiger partial charge >= 0.3 is 0 Å². The lowest BCUT2D eigenvalue weighted by Gasteiger charge is -2.07. The van der Waals surface area contributed by atoms with E-state index in [1.165, 1.54) is 0 Å². The quantitative estimate of drug-likeness (QED) is 0.377. The van der Waals surface area contributed by atoms with E-state index in [4.69, 9.17) is 11.6 Å². The molecular formula is C12H16ClN3O3. The van der Waals surface area contributed by atoms with Crippen molar-refractivity contribution in [3.8, 4) is 0 Å². The topological polar surface area (TPSA) is 85.1 Å². The maximum absolute atomic E-state index is 11.8. The molecule has 104 valence electrons. The zero-order chi connectivity index (χ0) is 14.4. The fraction of sp³-hybridized carbons (Fsp3) is 0.500. The summed E-state index contributed by atoms with van der Waals surface area (Å²) >= 11 is 5.76. The van der Waals surface area contributed by atoms with Crippen molar-refractivity contribution >= 4 is 23.2 Å². The molecule has 1 aromatic rings. The number of nitrogens with zero attached hydrogens (tertiary/aromatic N) is 2. The van der Waals surface area contributed by atoms with Crippen LogP contribution >= 0.6 is 11.6 Å². The van der Waals surface area contributed by atoms with Crippen LogP contribution in [0.25, 0.3) is 0 Å². The van der Waals surface area contributed by atoms with Crippen LogP contribution in [0.5, 0.6) is 0 Å². The zero-order valence-electron chi connectivity index (χ0n) is 10.9. The van der Waals surface area contributed by atoms with Crippen LogP contribution in [-0.4, -0.2) is 22.4 Å². The van der Waals surface area contributed by atoms with E-state index in [-0.39, 0.29) is 16.4 Å². The molecule has 0 aliphatic heterocycles. The van der Waals surface area contributed by atoms with Crippen molar-refractivity contribution < 1.29 is 9.72 Å². The Morgan fingerprint density at radius 1 is 1.58 bits per heavy atom. The molecule has 0 aliphatic rings. The van der Waals surface area contributed by atoms with Gasteiger partial charge in [-0.1, -0.05) is 25.4 Å². The Hall–Kier alpha value is -1.69. The standard InChI is InChI=1S/C12H16ClN3O3/c1-8(2)4-3-5-14-12(17)10-6-9(16(18)19)7-15-11(10)13/h6-8H,3-5H2,1-2H3,(H,14,17). The van der Waals surface area contributed by atoms with Crippen LogP contribution in [0, 0.1) is 16.0 Å². The maximum atomic E-state index is 11.8. The number of nitro groups is 1. The summed E-state index contributed by atoms with van der Waals surface area (Å²) in [5.41, 5.74) is -0.225. The van der Waals surface area contributed by atoms with Gasteiger partial charge in [0.05, 0.1) is 10.5 Å². The van der Waals surface area contributed by atoms with Crippen LogP contribution in [0.2, 0.25) is 5.15 Å². The first-order valence-electron chi connectivity index (χ1n) is 6.00. The van der Waals surface area contributed by atoms with E-state index in [2.05, 4.69) is 24.1 Å². The smallest absolute Gasteiger partial charge is 0.288 e. The number of nitrogens with one attached hydrogen (secondary N) is 1. The molecule has 0 aromatic carbocycles. The third kappa shape index (κ3) is 4.82. The highest BCUT2D eigenvalue weighted by molar-refractivity contribution is 6.32. The highest BCUT2D eigenvalue weighted by Crippen LogP contribution is 2.18. The van der Waals surface area contributed by atoms with Crippen LogP contribution < -0.4 is 5.32 Å². The predicted molar refractivity (Wildman–Crippen MR) is 72.3 cm³/mol. The van der Waals surface area contributed by atoms with E-state index in [9.17, 15) is 14.9 Å². The van der Waals surface area contributed by atoms with E-state index >= 15 is 0 Å². The van der Waals surface area contributed by atoms with Crippen molar-refractivity contribution in [2.75, 3.05) is 6.54 Å². The molecule has 1 aromatic heterocycles. The third-order valence-corrected chi connectivity index (χ3v) is 2.83. The summed E-state index contributed by atoms with van der Waals surface area (Å²) in [6.07, 6.45) is 2.88. The lowest BCUT2D eigenvalue weighted by atomic mass is 10.1. The van der Waals surface area contributed by atoms with Gasteiger partial charge in [0.2, 0.25) is 0 Å².